The lowest BCUT2D eigenvalue weighted by molar-refractivity contribution is -0.147. The van der Waals surface area contributed by atoms with Crippen molar-refractivity contribution in [2.75, 3.05) is 27.3 Å². The van der Waals surface area contributed by atoms with Crippen LogP contribution in [0.1, 0.15) is 73.5 Å². The Morgan fingerprint density at radius 1 is 0.982 bits per heavy atom. The van der Waals surface area contributed by atoms with Crippen molar-refractivity contribution in [3.8, 4) is 40.0 Å². The highest BCUT2D eigenvalue weighted by molar-refractivity contribution is 6.36. The molecule has 7 rings (SSSR count). The first-order chi connectivity index (χ1) is 26.1. The quantitative estimate of drug-likeness (QED) is 0.131. The molecule has 0 unspecified atom stereocenters. The number of hydrogen-bond acceptors (Lipinski definition) is 9. The highest BCUT2D eigenvalue weighted by atomic mass is 35.5. The number of aliphatic hydroxyl groups is 1. The molecule has 14 heteroatoms. The molecule has 1 saturated carbocycles. The van der Waals surface area contributed by atoms with E-state index in [1.54, 1.807) is 18.9 Å². The van der Waals surface area contributed by atoms with E-state index in [4.69, 9.17) is 30.8 Å². The number of ether oxygens (including phenoxy) is 3. The summed E-state index contributed by atoms with van der Waals surface area (Å²) in [5.41, 5.74) is 3.02. The molecule has 2 aromatic heterocycles. The molecule has 10 nitrogen and oxygen atoms in total. The third kappa shape index (κ3) is 7.85. The molecule has 0 amide bonds. The Balaban J connectivity index is 1.14. The van der Waals surface area contributed by atoms with Crippen molar-refractivity contribution >= 4 is 17.6 Å². The number of carboxylic acids is 1. The highest BCUT2D eigenvalue weighted by Crippen LogP contribution is 2.46. The summed E-state index contributed by atoms with van der Waals surface area (Å²) in [6.45, 7) is 4.66. The Kier molecular flexibility index (Phi) is 10.5. The molecule has 1 saturated heterocycles. The van der Waals surface area contributed by atoms with E-state index < -0.39 is 40.7 Å². The maximum Gasteiger partial charge on any atom is 0.421 e. The van der Waals surface area contributed by atoms with Gasteiger partial charge in [0.05, 0.1) is 36.0 Å². The van der Waals surface area contributed by atoms with Crippen molar-refractivity contribution in [3.63, 3.8) is 0 Å². The lowest BCUT2D eigenvalue weighted by atomic mass is 9.77. The van der Waals surface area contributed by atoms with Crippen molar-refractivity contribution in [2.45, 2.75) is 83.0 Å². The zero-order chi connectivity index (χ0) is 39.3. The molecule has 4 aromatic rings. The number of carboxylic acid groups (broad SMARTS) is 1. The molecule has 2 atom stereocenters. The van der Waals surface area contributed by atoms with Gasteiger partial charge in [-0.15, -0.1) is 0 Å². The molecule has 3 aliphatic rings. The van der Waals surface area contributed by atoms with Gasteiger partial charge < -0.3 is 29.7 Å². The second kappa shape index (κ2) is 14.9. The number of aliphatic carboxylic acids is 1. The van der Waals surface area contributed by atoms with Crippen LogP contribution in [0.4, 0.5) is 13.2 Å². The molecule has 2 fully saturated rings. The summed E-state index contributed by atoms with van der Waals surface area (Å²) < 4.78 is 60.9. The fourth-order valence-electron chi connectivity index (χ4n) is 8.11. The molecule has 3 N–H and O–H groups in total. The zero-order valence-electron chi connectivity index (χ0n) is 31.1. The fraction of sp³-hybridized carbons (Fsp3) is 0.439. The summed E-state index contributed by atoms with van der Waals surface area (Å²) in [6, 6.07) is 16.4. The third-order valence-corrected chi connectivity index (χ3v) is 11.5. The summed E-state index contributed by atoms with van der Waals surface area (Å²) in [5, 5.41) is 23.6. The van der Waals surface area contributed by atoms with Crippen LogP contribution < -0.4 is 19.5 Å². The van der Waals surface area contributed by atoms with Crippen LogP contribution in [-0.4, -0.2) is 70.0 Å². The minimum Gasteiger partial charge on any atom is -0.481 e. The van der Waals surface area contributed by atoms with Gasteiger partial charge in [0.25, 0.3) is 0 Å². The van der Waals surface area contributed by atoms with Crippen LogP contribution in [0.3, 0.4) is 0 Å². The Morgan fingerprint density at radius 3 is 2.35 bits per heavy atom. The highest BCUT2D eigenvalue weighted by Gasteiger charge is 2.42. The van der Waals surface area contributed by atoms with Crippen LogP contribution in [0.25, 0.3) is 22.4 Å². The summed E-state index contributed by atoms with van der Waals surface area (Å²) >= 11 is 7.12. The normalized spacial score (nSPS) is 23.7. The molecule has 0 radical (unpaired) electrons. The van der Waals surface area contributed by atoms with Crippen molar-refractivity contribution in [3.05, 3.63) is 87.4 Å². The number of fused-ring (bicyclic) bond motifs is 1. The van der Waals surface area contributed by atoms with Gasteiger partial charge in [0.2, 0.25) is 17.6 Å². The van der Waals surface area contributed by atoms with E-state index >= 15 is 0 Å². The van der Waals surface area contributed by atoms with Gasteiger partial charge in [0.15, 0.2) is 0 Å². The lowest BCUT2D eigenvalue weighted by Gasteiger charge is -2.41. The van der Waals surface area contributed by atoms with Crippen molar-refractivity contribution in [1.82, 2.24) is 20.2 Å². The number of likely N-dealkylation sites (tertiary alicyclic amines) is 1. The third-order valence-electron chi connectivity index (χ3n) is 11.1. The fourth-order valence-corrected chi connectivity index (χ4v) is 8.43. The Labute approximate surface area is 322 Å². The van der Waals surface area contributed by atoms with E-state index in [-0.39, 0.29) is 30.6 Å². The van der Waals surface area contributed by atoms with Gasteiger partial charge in [-0.05, 0) is 81.3 Å². The van der Waals surface area contributed by atoms with E-state index in [1.807, 2.05) is 55.5 Å². The average Bonchev–Trinajstić information content (AvgIpc) is 3.73. The van der Waals surface area contributed by atoms with Gasteiger partial charge >= 0.3 is 12.1 Å². The first kappa shape index (κ1) is 38.8. The van der Waals surface area contributed by atoms with E-state index in [0.29, 0.717) is 67.4 Å². The van der Waals surface area contributed by atoms with Crippen LogP contribution >= 0.6 is 11.6 Å². The minimum absolute atomic E-state index is 0.00959. The van der Waals surface area contributed by atoms with Crippen LogP contribution in [0.15, 0.2) is 54.6 Å². The molecule has 0 bridgehead atoms. The van der Waals surface area contributed by atoms with Crippen LogP contribution in [0.2, 0.25) is 5.02 Å². The SMILES string of the molecule is COc1nc(-c2cccc(-c3cccc4c3CC[C@@H]4Oc3nc(OC)c(CN4CC[C@@](C)(C(=O)O)C4)cc3C(F)(F)F)c2Cl)ccc1CN[C@H]1C[C@](C)(O)C1. The lowest BCUT2D eigenvalue weighted by Crippen LogP contribution is -2.51. The van der Waals surface area contributed by atoms with Gasteiger partial charge in [0, 0.05) is 47.9 Å². The number of nitrogens with zero attached hydrogens (tertiary/aromatic N) is 3. The first-order valence-corrected chi connectivity index (χ1v) is 18.6. The van der Waals surface area contributed by atoms with E-state index in [0.717, 1.165) is 33.9 Å². The number of nitrogens with one attached hydrogen (secondary N) is 1. The number of alkyl halides is 3. The predicted octanol–water partition coefficient (Wildman–Crippen LogP) is 7.87. The molecule has 55 heavy (non-hydrogen) atoms. The van der Waals surface area contributed by atoms with E-state index in [9.17, 15) is 28.2 Å². The van der Waals surface area contributed by atoms with Crippen molar-refractivity contribution in [2.24, 2.45) is 5.41 Å². The number of aromatic nitrogens is 2. The summed E-state index contributed by atoms with van der Waals surface area (Å²) in [5.74, 6) is -1.06. The van der Waals surface area contributed by atoms with Gasteiger partial charge in [-0.1, -0.05) is 54.1 Å². The molecule has 2 aromatic carbocycles. The van der Waals surface area contributed by atoms with Crippen molar-refractivity contribution < 1.29 is 42.4 Å². The molecule has 0 spiro atoms. The van der Waals surface area contributed by atoms with Crippen LogP contribution in [0.5, 0.6) is 17.6 Å². The summed E-state index contributed by atoms with van der Waals surface area (Å²) in [7, 11) is 2.90. The number of carbonyl (C=O) groups is 1. The van der Waals surface area contributed by atoms with Crippen LogP contribution in [-0.2, 0) is 30.5 Å². The Hall–Kier alpha value is -4.43. The molecule has 2 aliphatic carbocycles. The second-order valence-corrected chi connectivity index (χ2v) is 15.7. The Bertz CT molecular complexity index is 2110. The standard InChI is InChI=1S/C41H44ClF3N4O6/c1-39(38(50)51)15-16-49(22-39)21-24-17-31(41(43,44)45)37(48-36(24)54-4)55-33-14-12-27-26(7-5-8-28(27)33)29-9-6-10-30(34(29)42)32-13-11-23(35(47-32)53-3)20-46-25-18-40(2,52)19-25/h5-11,13,17,25,33,46,52H,12,14-16,18-22H2,1-4H3,(H,50,51)/t25-,33-,39+,40-/m0/s1. The Morgan fingerprint density at radius 2 is 1.67 bits per heavy atom. The average molecular weight is 781 g/mol. The number of benzene rings is 2. The van der Waals surface area contributed by atoms with Gasteiger partial charge in [-0.25, -0.2) is 4.98 Å². The number of rotatable bonds is 12. The smallest absolute Gasteiger partial charge is 0.421 e. The maximum absolute atomic E-state index is 14.6. The van der Waals surface area contributed by atoms with E-state index in [1.165, 1.54) is 7.11 Å². The largest absolute Gasteiger partial charge is 0.481 e. The molecule has 3 heterocycles. The predicted molar refractivity (Wildman–Crippen MR) is 200 cm³/mol. The number of methoxy groups -OCH3 is 2. The molecule has 292 valence electrons. The minimum atomic E-state index is -4.77. The number of pyridine rings is 2. The first-order valence-electron chi connectivity index (χ1n) is 18.3. The maximum atomic E-state index is 14.6. The van der Waals surface area contributed by atoms with Crippen LogP contribution in [0, 0.1) is 5.41 Å². The molecular formula is C41H44ClF3N4O6. The molecule has 1 aliphatic heterocycles. The zero-order valence-corrected chi connectivity index (χ0v) is 31.9. The summed E-state index contributed by atoms with van der Waals surface area (Å²) in [6.07, 6.45) is -2.78. The second-order valence-electron chi connectivity index (χ2n) is 15.4. The van der Waals surface area contributed by atoms with Gasteiger partial charge in [-0.3, -0.25) is 9.69 Å². The monoisotopic (exact) mass is 780 g/mol. The van der Waals surface area contributed by atoms with Crippen molar-refractivity contribution in [1.29, 1.82) is 0 Å². The van der Waals surface area contributed by atoms with Gasteiger partial charge in [-0.2, -0.15) is 18.2 Å². The molecular weight excluding hydrogens is 737 g/mol. The number of halogens is 4. The number of hydrogen-bond donors (Lipinski definition) is 3. The van der Waals surface area contributed by atoms with E-state index in [2.05, 4.69) is 10.3 Å². The summed E-state index contributed by atoms with van der Waals surface area (Å²) in [4.78, 5) is 22.6. The topological polar surface area (TPSA) is 126 Å². The van der Waals surface area contributed by atoms with Gasteiger partial charge in [0.1, 0.15) is 11.7 Å².